The highest BCUT2D eigenvalue weighted by atomic mass is 16.5. The van der Waals surface area contributed by atoms with Gasteiger partial charge in [-0.05, 0) is 23.8 Å². The second-order valence-electron chi connectivity index (χ2n) is 6.74. The summed E-state index contributed by atoms with van der Waals surface area (Å²) >= 11 is 0. The lowest BCUT2D eigenvalue weighted by molar-refractivity contribution is -0.133. The highest BCUT2D eigenvalue weighted by molar-refractivity contribution is 6.21. The SMILES string of the molecule is CN(CCC#N)C(=O)COC(=O)c1ccc2c(c1)C(=O)N(Cc1ccccc1)C2=O. The minimum atomic E-state index is -0.776. The zero-order valence-electron chi connectivity index (χ0n) is 16.3. The molecule has 152 valence electrons. The number of carbonyl (C=O) groups is 4. The normalized spacial score (nSPS) is 12.3. The van der Waals surface area contributed by atoms with Crippen LogP contribution in [0, 0.1) is 11.3 Å². The monoisotopic (exact) mass is 405 g/mol. The molecule has 0 aliphatic carbocycles. The first-order chi connectivity index (χ1) is 14.4. The third kappa shape index (κ3) is 4.36. The number of nitriles is 1. The van der Waals surface area contributed by atoms with Gasteiger partial charge >= 0.3 is 5.97 Å². The average molecular weight is 405 g/mol. The van der Waals surface area contributed by atoms with Gasteiger partial charge in [0, 0.05) is 13.6 Å². The number of carbonyl (C=O) groups excluding carboxylic acids is 4. The molecule has 3 rings (SSSR count). The second-order valence-corrected chi connectivity index (χ2v) is 6.74. The summed E-state index contributed by atoms with van der Waals surface area (Å²) in [6.07, 6.45) is 0.177. The van der Waals surface area contributed by atoms with Gasteiger partial charge in [0.25, 0.3) is 17.7 Å². The molecule has 0 N–H and O–H groups in total. The molecule has 0 saturated heterocycles. The number of fused-ring (bicyclic) bond motifs is 1. The maximum Gasteiger partial charge on any atom is 0.338 e. The van der Waals surface area contributed by atoms with Crippen molar-refractivity contribution in [2.24, 2.45) is 0 Å². The van der Waals surface area contributed by atoms with E-state index in [-0.39, 0.29) is 36.2 Å². The molecule has 1 aliphatic heterocycles. The first-order valence-electron chi connectivity index (χ1n) is 9.24. The van der Waals surface area contributed by atoms with E-state index >= 15 is 0 Å². The van der Waals surface area contributed by atoms with Crippen molar-refractivity contribution in [2.45, 2.75) is 13.0 Å². The Morgan fingerprint density at radius 2 is 1.77 bits per heavy atom. The van der Waals surface area contributed by atoms with Crippen LogP contribution in [0.15, 0.2) is 48.5 Å². The first-order valence-corrected chi connectivity index (χ1v) is 9.24. The number of benzene rings is 2. The quantitative estimate of drug-likeness (QED) is 0.515. The Balaban J connectivity index is 1.68. The topological polar surface area (TPSA) is 108 Å². The van der Waals surface area contributed by atoms with Gasteiger partial charge in [0.1, 0.15) is 0 Å². The van der Waals surface area contributed by atoms with E-state index in [1.807, 2.05) is 36.4 Å². The predicted octanol–water partition coefficient (Wildman–Crippen LogP) is 2.01. The van der Waals surface area contributed by atoms with Crippen molar-refractivity contribution in [2.75, 3.05) is 20.2 Å². The predicted molar refractivity (Wildman–Crippen MR) is 105 cm³/mol. The van der Waals surface area contributed by atoms with Gasteiger partial charge in [0.15, 0.2) is 6.61 Å². The van der Waals surface area contributed by atoms with Crippen molar-refractivity contribution in [3.05, 3.63) is 70.8 Å². The van der Waals surface area contributed by atoms with Crippen LogP contribution in [0.3, 0.4) is 0 Å². The summed E-state index contributed by atoms with van der Waals surface area (Å²) < 4.78 is 5.01. The number of esters is 1. The van der Waals surface area contributed by atoms with Crippen LogP contribution in [-0.2, 0) is 16.1 Å². The van der Waals surface area contributed by atoms with Gasteiger partial charge in [-0.3, -0.25) is 19.3 Å². The molecular formula is C22H19N3O5. The Hall–Kier alpha value is -3.99. The van der Waals surface area contributed by atoms with Crippen molar-refractivity contribution < 1.29 is 23.9 Å². The van der Waals surface area contributed by atoms with E-state index in [1.54, 1.807) is 0 Å². The summed E-state index contributed by atoms with van der Waals surface area (Å²) in [6, 6.07) is 15.2. The summed E-state index contributed by atoms with van der Waals surface area (Å²) in [6.45, 7) is -0.110. The molecule has 2 aromatic carbocycles. The lowest BCUT2D eigenvalue weighted by Gasteiger charge is -2.15. The van der Waals surface area contributed by atoms with Crippen molar-refractivity contribution in [3.8, 4) is 6.07 Å². The van der Waals surface area contributed by atoms with Gasteiger partial charge in [-0.2, -0.15) is 5.26 Å². The lowest BCUT2D eigenvalue weighted by atomic mass is 10.1. The van der Waals surface area contributed by atoms with E-state index in [4.69, 9.17) is 10.00 Å². The molecular weight excluding hydrogens is 386 g/mol. The van der Waals surface area contributed by atoms with Gasteiger partial charge in [-0.1, -0.05) is 30.3 Å². The highest BCUT2D eigenvalue weighted by Crippen LogP contribution is 2.26. The Morgan fingerprint density at radius 1 is 1.07 bits per heavy atom. The van der Waals surface area contributed by atoms with Crippen molar-refractivity contribution in [3.63, 3.8) is 0 Å². The fourth-order valence-electron chi connectivity index (χ4n) is 2.99. The Kier molecular flexibility index (Phi) is 6.23. The standard InChI is InChI=1S/C22H19N3O5/c1-24(11-5-10-23)19(26)14-30-22(29)16-8-9-17-18(12-16)21(28)25(20(17)27)13-15-6-3-2-4-7-15/h2-4,6-9,12H,5,11,13-14H2,1H3. The van der Waals surface area contributed by atoms with Crippen LogP contribution in [0.5, 0.6) is 0 Å². The summed E-state index contributed by atoms with van der Waals surface area (Å²) in [5, 5.41) is 8.55. The minimum Gasteiger partial charge on any atom is -0.452 e. The molecule has 8 heteroatoms. The van der Waals surface area contributed by atoms with E-state index < -0.39 is 30.3 Å². The first kappa shape index (κ1) is 20.7. The van der Waals surface area contributed by atoms with Gasteiger partial charge in [0.2, 0.25) is 0 Å². The molecule has 2 aromatic rings. The largest absolute Gasteiger partial charge is 0.452 e. The maximum absolute atomic E-state index is 12.7. The number of imide groups is 1. The molecule has 0 radical (unpaired) electrons. The number of amides is 3. The number of hydrogen-bond donors (Lipinski definition) is 0. The summed E-state index contributed by atoms with van der Waals surface area (Å²) in [5.74, 6) is -2.13. The number of rotatable bonds is 7. The van der Waals surface area contributed by atoms with Crippen LogP contribution in [-0.4, -0.2) is 53.7 Å². The molecule has 0 fully saturated rings. The van der Waals surface area contributed by atoms with Crippen LogP contribution in [0.25, 0.3) is 0 Å². The molecule has 0 bridgehead atoms. The van der Waals surface area contributed by atoms with Crippen LogP contribution in [0.1, 0.15) is 43.1 Å². The average Bonchev–Trinajstić information content (AvgIpc) is 3.00. The molecule has 3 amide bonds. The van der Waals surface area contributed by atoms with E-state index in [9.17, 15) is 19.2 Å². The molecule has 1 heterocycles. The fraction of sp³-hybridized carbons (Fsp3) is 0.227. The van der Waals surface area contributed by atoms with E-state index in [0.29, 0.717) is 0 Å². The summed E-state index contributed by atoms with van der Waals surface area (Å²) in [4.78, 5) is 51.9. The summed E-state index contributed by atoms with van der Waals surface area (Å²) in [5.41, 5.74) is 1.23. The van der Waals surface area contributed by atoms with Gasteiger partial charge in [0.05, 0.1) is 35.7 Å². The third-order valence-electron chi connectivity index (χ3n) is 4.70. The van der Waals surface area contributed by atoms with Crippen molar-refractivity contribution >= 4 is 23.7 Å². The molecule has 8 nitrogen and oxygen atoms in total. The lowest BCUT2D eigenvalue weighted by Crippen LogP contribution is -2.31. The number of nitrogens with zero attached hydrogens (tertiary/aromatic N) is 3. The highest BCUT2D eigenvalue weighted by Gasteiger charge is 2.36. The summed E-state index contributed by atoms with van der Waals surface area (Å²) in [7, 11) is 1.51. The van der Waals surface area contributed by atoms with E-state index in [2.05, 4.69) is 0 Å². The molecule has 0 atom stereocenters. The number of hydrogen-bond acceptors (Lipinski definition) is 6. The van der Waals surface area contributed by atoms with Crippen LogP contribution >= 0.6 is 0 Å². The van der Waals surface area contributed by atoms with Crippen molar-refractivity contribution in [1.82, 2.24) is 9.80 Å². The molecule has 0 aromatic heterocycles. The molecule has 0 saturated carbocycles. The molecule has 1 aliphatic rings. The van der Waals surface area contributed by atoms with E-state index in [1.165, 1.54) is 30.1 Å². The Morgan fingerprint density at radius 3 is 2.47 bits per heavy atom. The van der Waals surface area contributed by atoms with Crippen LogP contribution in [0.4, 0.5) is 0 Å². The maximum atomic E-state index is 12.7. The number of ether oxygens (including phenoxy) is 1. The zero-order chi connectivity index (χ0) is 21.7. The molecule has 0 spiro atoms. The Bertz CT molecular complexity index is 1040. The minimum absolute atomic E-state index is 0.0731. The van der Waals surface area contributed by atoms with E-state index in [0.717, 1.165) is 10.5 Å². The second kappa shape index (κ2) is 9.01. The fourth-order valence-corrected chi connectivity index (χ4v) is 2.99. The van der Waals surface area contributed by atoms with Gasteiger partial charge < -0.3 is 9.64 Å². The van der Waals surface area contributed by atoms with Crippen molar-refractivity contribution in [1.29, 1.82) is 5.26 Å². The van der Waals surface area contributed by atoms with Gasteiger partial charge in [-0.25, -0.2) is 4.79 Å². The smallest absolute Gasteiger partial charge is 0.338 e. The van der Waals surface area contributed by atoms with Crippen LogP contribution in [0.2, 0.25) is 0 Å². The molecule has 30 heavy (non-hydrogen) atoms. The third-order valence-corrected chi connectivity index (χ3v) is 4.70. The molecule has 0 unspecified atom stereocenters. The Labute approximate surface area is 173 Å². The van der Waals surface area contributed by atoms with Gasteiger partial charge in [-0.15, -0.1) is 0 Å². The zero-order valence-corrected chi connectivity index (χ0v) is 16.3. The number of likely N-dealkylation sites (N-methyl/N-ethyl adjacent to an activating group) is 1. The van der Waals surface area contributed by atoms with Crippen LogP contribution < -0.4 is 0 Å².